The first-order valence-corrected chi connectivity index (χ1v) is 5.58. The molecule has 0 atom stereocenters. The molecule has 0 spiro atoms. The normalized spacial score (nSPS) is 10.5. The van der Waals surface area contributed by atoms with E-state index < -0.39 is 0 Å². The van der Waals surface area contributed by atoms with Crippen LogP contribution in [0.15, 0.2) is 24.4 Å². The second-order valence-corrected chi connectivity index (χ2v) is 4.37. The van der Waals surface area contributed by atoms with Crippen LogP contribution in [0.25, 0.3) is 0 Å². The zero-order chi connectivity index (χ0) is 12.4. The van der Waals surface area contributed by atoms with Crippen LogP contribution in [0.3, 0.4) is 0 Å². The van der Waals surface area contributed by atoms with Crippen LogP contribution in [0.4, 0.5) is 0 Å². The number of carbonyl (C=O) groups is 1. The molecule has 0 saturated heterocycles. The van der Waals surface area contributed by atoms with Gasteiger partial charge in [0.05, 0.1) is 17.1 Å². The van der Waals surface area contributed by atoms with Crippen molar-refractivity contribution in [3.63, 3.8) is 0 Å². The highest BCUT2D eigenvalue weighted by atomic mass is 35.5. The van der Waals surface area contributed by atoms with Crippen molar-refractivity contribution >= 4 is 17.4 Å². The molecule has 0 bridgehead atoms. The van der Waals surface area contributed by atoms with E-state index in [2.05, 4.69) is 10.3 Å². The quantitative estimate of drug-likeness (QED) is 0.784. The average molecular weight is 250 g/mol. The van der Waals surface area contributed by atoms with E-state index in [0.717, 1.165) is 5.56 Å². The summed E-state index contributed by atoms with van der Waals surface area (Å²) in [6.07, 6.45) is 1.94. The Hall–Kier alpha value is -1.68. The predicted octanol–water partition coefficient (Wildman–Crippen LogP) is 2.20. The molecule has 0 saturated carbocycles. The molecule has 1 aromatic heterocycles. The molecule has 0 radical (unpaired) electrons. The number of aryl methyl sites for hydroxylation is 2. The number of benzene rings is 1. The molecule has 17 heavy (non-hydrogen) atoms. The maximum absolute atomic E-state index is 12.0. The van der Waals surface area contributed by atoms with E-state index in [-0.39, 0.29) is 12.2 Å². The van der Waals surface area contributed by atoms with Crippen molar-refractivity contribution in [1.82, 2.24) is 15.0 Å². The third-order valence-electron chi connectivity index (χ3n) is 2.42. The minimum Gasteiger partial charge on any atom is -0.294 e. The van der Waals surface area contributed by atoms with Gasteiger partial charge < -0.3 is 0 Å². The summed E-state index contributed by atoms with van der Waals surface area (Å²) in [5.74, 6) is -0.0458. The third kappa shape index (κ3) is 2.71. The first-order valence-electron chi connectivity index (χ1n) is 5.21. The fourth-order valence-electron chi connectivity index (χ4n) is 1.58. The minimum atomic E-state index is -0.0458. The molecule has 0 aliphatic carbocycles. The highest BCUT2D eigenvalue weighted by Crippen LogP contribution is 2.19. The summed E-state index contributed by atoms with van der Waals surface area (Å²) < 4.78 is 1.57. The van der Waals surface area contributed by atoms with Gasteiger partial charge in [0.1, 0.15) is 0 Å². The first-order chi connectivity index (χ1) is 8.06. The molecule has 0 N–H and O–H groups in total. The van der Waals surface area contributed by atoms with Gasteiger partial charge in [0.2, 0.25) is 0 Å². The number of Topliss-reactive ketones (excluding diaryl/α,β-unsaturated/α-hetero) is 1. The SMILES string of the molecule is Cc1ccc(C(=O)Cc2cn(C)nn2)c(Cl)c1. The summed E-state index contributed by atoms with van der Waals surface area (Å²) >= 11 is 6.03. The lowest BCUT2D eigenvalue weighted by atomic mass is 10.1. The van der Waals surface area contributed by atoms with Crippen LogP contribution in [0, 0.1) is 6.92 Å². The summed E-state index contributed by atoms with van der Waals surface area (Å²) in [7, 11) is 1.76. The monoisotopic (exact) mass is 249 g/mol. The lowest BCUT2D eigenvalue weighted by Gasteiger charge is -2.02. The van der Waals surface area contributed by atoms with E-state index in [9.17, 15) is 4.79 Å². The Kier molecular flexibility index (Phi) is 3.24. The standard InChI is InChI=1S/C12H12ClN3O/c1-8-3-4-10(11(13)5-8)12(17)6-9-7-16(2)15-14-9/h3-5,7H,6H2,1-2H3. The van der Waals surface area contributed by atoms with Crippen molar-refractivity contribution < 1.29 is 4.79 Å². The van der Waals surface area contributed by atoms with E-state index in [1.54, 1.807) is 30.1 Å². The minimum absolute atomic E-state index is 0.0458. The fourth-order valence-corrected chi connectivity index (χ4v) is 1.92. The molecule has 2 aromatic rings. The second-order valence-electron chi connectivity index (χ2n) is 3.97. The van der Waals surface area contributed by atoms with Crippen LogP contribution in [-0.2, 0) is 13.5 Å². The van der Waals surface area contributed by atoms with Crippen LogP contribution < -0.4 is 0 Å². The Labute approximate surface area is 104 Å². The predicted molar refractivity (Wildman–Crippen MR) is 65.2 cm³/mol. The van der Waals surface area contributed by atoms with E-state index in [4.69, 9.17) is 11.6 Å². The number of hydrogen-bond acceptors (Lipinski definition) is 3. The fraction of sp³-hybridized carbons (Fsp3) is 0.250. The lowest BCUT2D eigenvalue weighted by Crippen LogP contribution is -2.04. The van der Waals surface area contributed by atoms with Gasteiger partial charge in [-0.1, -0.05) is 22.9 Å². The van der Waals surface area contributed by atoms with Crippen molar-refractivity contribution in [2.75, 3.05) is 0 Å². The van der Waals surface area contributed by atoms with Gasteiger partial charge >= 0.3 is 0 Å². The molecule has 2 rings (SSSR count). The van der Waals surface area contributed by atoms with Gasteiger partial charge in [-0.2, -0.15) is 0 Å². The van der Waals surface area contributed by atoms with Crippen molar-refractivity contribution in [2.45, 2.75) is 13.3 Å². The zero-order valence-corrected chi connectivity index (χ0v) is 10.4. The van der Waals surface area contributed by atoms with Crippen LogP contribution >= 0.6 is 11.6 Å². The van der Waals surface area contributed by atoms with Crippen LogP contribution in [0.5, 0.6) is 0 Å². The summed E-state index contributed by atoms with van der Waals surface area (Å²) in [4.78, 5) is 12.0. The Morgan fingerprint density at radius 1 is 1.47 bits per heavy atom. The van der Waals surface area contributed by atoms with E-state index in [1.807, 2.05) is 13.0 Å². The van der Waals surface area contributed by atoms with Crippen molar-refractivity contribution in [1.29, 1.82) is 0 Å². The Morgan fingerprint density at radius 2 is 2.24 bits per heavy atom. The molecule has 0 fully saturated rings. The number of hydrogen-bond donors (Lipinski definition) is 0. The molecular weight excluding hydrogens is 238 g/mol. The van der Waals surface area contributed by atoms with Gasteiger partial charge in [0, 0.05) is 18.8 Å². The summed E-state index contributed by atoms with van der Waals surface area (Å²) in [6, 6.07) is 5.40. The van der Waals surface area contributed by atoms with Gasteiger partial charge in [-0.25, -0.2) is 0 Å². The summed E-state index contributed by atoms with van der Waals surface area (Å²) in [6.45, 7) is 1.93. The first kappa shape index (κ1) is 11.8. The maximum atomic E-state index is 12.0. The Bertz CT molecular complexity index is 563. The van der Waals surface area contributed by atoms with Crippen molar-refractivity contribution in [3.8, 4) is 0 Å². The van der Waals surface area contributed by atoms with Gasteiger partial charge in [-0.05, 0) is 24.6 Å². The molecule has 1 aromatic carbocycles. The van der Waals surface area contributed by atoms with Gasteiger partial charge in [-0.15, -0.1) is 5.10 Å². The number of rotatable bonds is 3. The summed E-state index contributed by atoms with van der Waals surface area (Å²) in [5, 5.41) is 8.14. The molecule has 0 aliphatic heterocycles. The Balaban J connectivity index is 2.20. The van der Waals surface area contributed by atoms with Crippen LogP contribution in [-0.4, -0.2) is 20.8 Å². The van der Waals surface area contributed by atoms with Gasteiger partial charge in [-0.3, -0.25) is 9.48 Å². The van der Waals surface area contributed by atoms with Crippen molar-refractivity contribution in [2.24, 2.45) is 7.05 Å². The van der Waals surface area contributed by atoms with Gasteiger partial charge in [0.25, 0.3) is 0 Å². The molecule has 0 amide bonds. The lowest BCUT2D eigenvalue weighted by molar-refractivity contribution is 0.0992. The Morgan fingerprint density at radius 3 is 2.82 bits per heavy atom. The molecule has 88 valence electrons. The summed E-state index contributed by atoms with van der Waals surface area (Å²) in [5.41, 5.74) is 2.21. The van der Waals surface area contributed by atoms with Gasteiger partial charge in [0.15, 0.2) is 5.78 Å². The maximum Gasteiger partial charge on any atom is 0.170 e. The second kappa shape index (κ2) is 4.67. The largest absolute Gasteiger partial charge is 0.294 e. The number of halogens is 1. The van der Waals surface area contributed by atoms with E-state index in [0.29, 0.717) is 16.3 Å². The van der Waals surface area contributed by atoms with Crippen LogP contribution in [0.2, 0.25) is 5.02 Å². The topological polar surface area (TPSA) is 47.8 Å². The highest BCUT2D eigenvalue weighted by molar-refractivity contribution is 6.34. The molecular formula is C12H12ClN3O. The third-order valence-corrected chi connectivity index (χ3v) is 2.73. The smallest absolute Gasteiger partial charge is 0.170 e. The zero-order valence-electron chi connectivity index (χ0n) is 9.64. The number of aromatic nitrogens is 3. The van der Waals surface area contributed by atoms with Crippen molar-refractivity contribution in [3.05, 3.63) is 46.2 Å². The molecule has 5 heteroatoms. The molecule has 0 aliphatic rings. The average Bonchev–Trinajstić information content (AvgIpc) is 2.63. The van der Waals surface area contributed by atoms with E-state index in [1.165, 1.54) is 0 Å². The number of ketones is 1. The molecule has 4 nitrogen and oxygen atoms in total. The highest BCUT2D eigenvalue weighted by Gasteiger charge is 2.12. The van der Waals surface area contributed by atoms with Crippen LogP contribution in [0.1, 0.15) is 21.6 Å². The number of nitrogens with zero attached hydrogens (tertiary/aromatic N) is 3. The van der Waals surface area contributed by atoms with E-state index >= 15 is 0 Å². The number of carbonyl (C=O) groups excluding carboxylic acids is 1. The molecule has 1 heterocycles. The molecule has 0 unspecified atom stereocenters.